The molecule has 0 aromatic rings. The quantitative estimate of drug-likeness (QED) is 0.598. The highest BCUT2D eigenvalue weighted by molar-refractivity contribution is 7.88. The lowest BCUT2D eigenvalue weighted by molar-refractivity contribution is 0.177. The van der Waals surface area contributed by atoms with Crippen LogP contribution in [0, 0.1) is 0 Å². The van der Waals surface area contributed by atoms with Crippen molar-refractivity contribution in [2.24, 2.45) is 0 Å². The van der Waals surface area contributed by atoms with Crippen molar-refractivity contribution in [1.29, 1.82) is 0 Å². The van der Waals surface area contributed by atoms with Gasteiger partial charge in [0.1, 0.15) is 0 Å². The van der Waals surface area contributed by atoms with E-state index in [1.165, 1.54) is 0 Å². The maximum absolute atomic E-state index is 10.7. The molecule has 0 radical (unpaired) electrons. The van der Waals surface area contributed by atoms with Crippen LogP contribution in [-0.4, -0.2) is 28.2 Å². The summed E-state index contributed by atoms with van der Waals surface area (Å²) in [6.07, 6.45) is -1.01. The number of hydrogen-bond donors (Lipinski definition) is 2. The van der Waals surface area contributed by atoms with Crippen molar-refractivity contribution < 1.29 is 17.9 Å². The van der Waals surface area contributed by atoms with Crippen LogP contribution in [0.15, 0.2) is 0 Å². The fourth-order valence-electron chi connectivity index (χ4n) is 0.377. The standard InChI is InChI=1S/C4H10N2O4S/c1-3-5-11(8,9)6-4(7)10-2/h5H,3H2,1-2H3,(H,6,7). The van der Waals surface area contributed by atoms with Gasteiger partial charge in [-0.3, -0.25) is 0 Å². The second-order valence-electron chi connectivity index (χ2n) is 1.59. The van der Waals surface area contributed by atoms with Gasteiger partial charge in [0.15, 0.2) is 0 Å². The predicted octanol–water partition coefficient (Wildman–Crippen LogP) is -0.803. The molecule has 0 rings (SSSR count). The Kier molecular flexibility index (Phi) is 3.83. The zero-order valence-electron chi connectivity index (χ0n) is 6.25. The number of carbonyl (C=O) groups is 1. The van der Waals surface area contributed by atoms with E-state index in [0.29, 0.717) is 0 Å². The second kappa shape index (κ2) is 4.14. The summed E-state index contributed by atoms with van der Waals surface area (Å²) < 4.78 is 29.1. The van der Waals surface area contributed by atoms with Gasteiger partial charge < -0.3 is 4.74 Å². The van der Waals surface area contributed by atoms with E-state index in [9.17, 15) is 13.2 Å². The molecule has 0 unspecified atom stereocenters. The van der Waals surface area contributed by atoms with Gasteiger partial charge >= 0.3 is 16.3 Å². The van der Waals surface area contributed by atoms with Crippen LogP contribution in [0.2, 0.25) is 0 Å². The first-order valence-electron chi connectivity index (χ1n) is 2.87. The fraction of sp³-hybridized carbons (Fsp3) is 0.750. The highest BCUT2D eigenvalue weighted by atomic mass is 32.2. The maximum atomic E-state index is 10.7. The van der Waals surface area contributed by atoms with E-state index in [1.54, 1.807) is 11.6 Å². The van der Waals surface area contributed by atoms with Crippen LogP contribution in [0.1, 0.15) is 6.92 Å². The third-order valence-corrected chi connectivity index (χ3v) is 1.84. The third-order valence-electron chi connectivity index (χ3n) is 0.737. The molecular weight excluding hydrogens is 172 g/mol. The summed E-state index contributed by atoms with van der Waals surface area (Å²) in [5.41, 5.74) is 0. The molecule has 66 valence electrons. The average Bonchev–Trinajstić information content (AvgIpc) is 1.86. The van der Waals surface area contributed by atoms with Crippen LogP contribution in [0.3, 0.4) is 0 Å². The molecule has 0 aliphatic heterocycles. The monoisotopic (exact) mass is 182 g/mol. The molecule has 0 aliphatic rings. The molecule has 0 aliphatic carbocycles. The Labute approximate surface area is 65.1 Å². The average molecular weight is 182 g/mol. The fourth-order valence-corrected chi connectivity index (χ4v) is 1.13. The normalized spacial score (nSPS) is 10.7. The summed E-state index contributed by atoms with van der Waals surface area (Å²) in [5, 5.41) is 0. The van der Waals surface area contributed by atoms with Gasteiger partial charge in [-0.25, -0.2) is 9.52 Å². The summed E-state index contributed by atoms with van der Waals surface area (Å²) in [7, 11) is -2.64. The number of carbonyl (C=O) groups excluding carboxylic acids is 1. The number of hydrogen-bond acceptors (Lipinski definition) is 4. The summed E-state index contributed by atoms with van der Waals surface area (Å²) in [6, 6.07) is 0. The van der Waals surface area contributed by atoms with Crippen LogP contribution in [0.4, 0.5) is 4.79 Å². The van der Waals surface area contributed by atoms with E-state index in [0.717, 1.165) is 7.11 Å². The summed E-state index contributed by atoms with van der Waals surface area (Å²) in [6.45, 7) is 1.81. The van der Waals surface area contributed by atoms with E-state index in [2.05, 4.69) is 4.74 Å². The molecule has 0 bridgehead atoms. The molecular formula is C4H10N2O4S. The first-order valence-corrected chi connectivity index (χ1v) is 4.35. The van der Waals surface area contributed by atoms with Gasteiger partial charge in [0.05, 0.1) is 7.11 Å². The second-order valence-corrected chi connectivity index (χ2v) is 3.09. The van der Waals surface area contributed by atoms with Gasteiger partial charge in [-0.05, 0) is 0 Å². The number of methoxy groups -OCH3 is 1. The van der Waals surface area contributed by atoms with Gasteiger partial charge in [-0.1, -0.05) is 6.92 Å². The highest BCUT2D eigenvalue weighted by Crippen LogP contribution is 1.78. The molecule has 0 atom stereocenters. The molecule has 0 saturated heterocycles. The van der Waals surface area contributed by atoms with Crippen LogP contribution >= 0.6 is 0 Å². The number of nitrogens with one attached hydrogen (secondary N) is 2. The molecule has 11 heavy (non-hydrogen) atoms. The predicted molar refractivity (Wildman–Crippen MR) is 38.1 cm³/mol. The Hall–Kier alpha value is -0.820. The molecule has 0 saturated carbocycles. The Morgan fingerprint density at radius 3 is 2.45 bits per heavy atom. The van der Waals surface area contributed by atoms with E-state index in [1.807, 2.05) is 4.72 Å². The maximum Gasteiger partial charge on any atom is 0.421 e. The molecule has 0 heterocycles. The topological polar surface area (TPSA) is 84.5 Å². The van der Waals surface area contributed by atoms with Crippen LogP contribution < -0.4 is 9.44 Å². The number of ether oxygens (including phenoxy) is 1. The van der Waals surface area contributed by atoms with Crippen molar-refractivity contribution in [3.05, 3.63) is 0 Å². The van der Waals surface area contributed by atoms with Crippen molar-refractivity contribution in [2.75, 3.05) is 13.7 Å². The van der Waals surface area contributed by atoms with Gasteiger partial charge in [-0.15, -0.1) is 0 Å². The van der Waals surface area contributed by atoms with Crippen LogP contribution in [0.5, 0.6) is 0 Å². The zero-order valence-corrected chi connectivity index (χ0v) is 7.06. The van der Waals surface area contributed by atoms with Gasteiger partial charge in [0, 0.05) is 6.54 Å². The van der Waals surface area contributed by atoms with Crippen molar-refractivity contribution in [2.45, 2.75) is 6.92 Å². The van der Waals surface area contributed by atoms with E-state index in [-0.39, 0.29) is 6.54 Å². The van der Waals surface area contributed by atoms with Crippen LogP contribution in [-0.2, 0) is 14.9 Å². The Balaban J connectivity index is 4.03. The smallest absolute Gasteiger partial charge is 0.421 e. The SMILES string of the molecule is CCNS(=O)(=O)NC(=O)OC. The van der Waals surface area contributed by atoms with Gasteiger partial charge in [0.25, 0.3) is 0 Å². The Morgan fingerprint density at radius 1 is 1.55 bits per heavy atom. The van der Waals surface area contributed by atoms with Crippen molar-refractivity contribution in [1.82, 2.24) is 9.44 Å². The Bertz CT molecular complexity index is 222. The first-order chi connectivity index (χ1) is 5.02. The van der Waals surface area contributed by atoms with E-state index < -0.39 is 16.3 Å². The minimum Gasteiger partial charge on any atom is -0.452 e. The molecule has 0 fully saturated rings. The zero-order chi connectivity index (χ0) is 8.91. The Morgan fingerprint density at radius 2 is 2.09 bits per heavy atom. The lowest BCUT2D eigenvalue weighted by Crippen LogP contribution is -2.39. The summed E-state index contributed by atoms with van der Waals surface area (Å²) in [5.74, 6) is 0. The lowest BCUT2D eigenvalue weighted by atomic mass is 10.8. The molecule has 1 amide bonds. The molecule has 6 nitrogen and oxygen atoms in total. The van der Waals surface area contributed by atoms with Crippen molar-refractivity contribution in [3.63, 3.8) is 0 Å². The minimum atomic E-state index is -3.72. The van der Waals surface area contributed by atoms with Crippen LogP contribution in [0.25, 0.3) is 0 Å². The highest BCUT2D eigenvalue weighted by Gasteiger charge is 2.11. The van der Waals surface area contributed by atoms with E-state index in [4.69, 9.17) is 0 Å². The molecule has 0 aromatic heterocycles. The molecule has 7 heteroatoms. The molecule has 2 N–H and O–H groups in total. The summed E-state index contributed by atoms with van der Waals surface area (Å²) >= 11 is 0. The van der Waals surface area contributed by atoms with Gasteiger partial charge in [-0.2, -0.15) is 13.1 Å². The lowest BCUT2D eigenvalue weighted by Gasteiger charge is -2.03. The van der Waals surface area contributed by atoms with Crippen molar-refractivity contribution in [3.8, 4) is 0 Å². The third kappa shape index (κ3) is 4.57. The molecule has 0 aromatic carbocycles. The number of rotatable bonds is 3. The minimum absolute atomic E-state index is 0.215. The largest absolute Gasteiger partial charge is 0.452 e. The molecule has 0 spiro atoms. The first kappa shape index (κ1) is 10.2. The summed E-state index contributed by atoms with van der Waals surface area (Å²) in [4.78, 5) is 10.3. The van der Waals surface area contributed by atoms with Crippen molar-refractivity contribution >= 4 is 16.3 Å². The van der Waals surface area contributed by atoms with Gasteiger partial charge in [0.2, 0.25) is 0 Å². The number of amides is 1. The van der Waals surface area contributed by atoms with E-state index >= 15 is 0 Å².